The summed E-state index contributed by atoms with van der Waals surface area (Å²) in [6.07, 6.45) is 4.82. The molecule has 19 heavy (non-hydrogen) atoms. The molecule has 1 aliphatic rings. The molecule has 4 nitrogen and oxygen atoms in total. The molecule has 1 rings (SSSR count). The molecule has 0 atom stereocenters. The Labute approximate surface area is 132 Å². The van der Waals surface area contributed by atoms with Crippen LogP contribution in [-0.2, 0) is 12.9 Å². The Morgan fingerprint density at radius 1 is 0.632 bits per heavy atom. The molecule has 0 bridgehead atoms. The summed E-state index contributed by atoms with van der Waals surface area (Å²) in [5.74, 6) is 0. The third-order valence-electron chi connectivity index (χ3n) is 2.75. The number of hydrogen-bond acceptors (Lipinski definition) is 3. The third kappa shape index (κ3) is 18.9. The van der Waals surface area contributed by atoms with E-state index < -0.39 is 0 Å². The molecule has 1 heterocycles. The van der Waals surface area contributed by atoms with Gasteiger partial charge in [0.25, 0.3) is 0 Å². The van der Waals surface area contributed by atoms with Crippen molar-refractivity contribution >= 4 is 20.3 Å². The van der Waals surface area contributed by atoms with Crippen LogP contribution < -0.4 is 16.0 Å². The van der Waals surface area contributed by atoms with Crippen LogP contribution in [0.4, 0.5) is 0 Å². The summed E-state index contributed by atoms with van der Waals surface area (Å²) in [6.45, 7) is 8.80. The van der Waals surface area contributed by atoms with Crippen LogP contribution in [0.15, 0.2) is 0 Å². The summed E-state index contributed by atoms with van der Waals surface area (Å²) in [7, 11) is 9.47. The first-order chi connectivity index (χ1) is 9.41. The monoisotopic (exact) mass is 356 g/mol. The van der Waals surface area contributed by atoms with E-state index in [4.69, 9.17) is 20.3 Å². The van der Waals surface area contributed by atoms with Crippen molar-refractivity contribution in [1.82, 2.24) is 16.0 Å². The Balaban J connectivity index is 0.000000982. The normalized spacial score (nSPS) is 21.4. The van der Waals surface area contributed by atoms with Gasteiger partial charge in [0, 0.05) is 0 Å². The number of hydrogen-bond donors (Lipinski definition) is 3. The molecule has 0 unspecified atom stereocenters. The van der Waals surface area contributed by atoms with Gasteiger partial charge >= 0.3 is 33.2 Å². The molecule has 1 aliphatic heterocycles. The molecule has 0 aromatic rings. The molecule has 0 aliphatic carbocycles. The summed E-state index contributed by atoms with van der Waals surface area (Å²) in [6, 6.07) is 0. The van der Waals surface area contributed by atoms with Crippen molar-refractivity contribution in [2.24, 2.45) is 0 Å². The molecule has 3 N–H and O–H groups in total. The molecule has 1 saturated heterocycles. The molecule has 0 amide bonds. The predicted molar refractivity (Wildman–Crippen MR) is 81.9 cm³/mol. The van der Waals surface area contributed by atoms with Crippen molar-refractivity contribution in [1.29, 1.82) is 0 Å². The van der Waals surface area contributed by atoms with Gasteiger partial charge in [0.1, 0.15) is 0 Å². The van der Waals surface area contributed by atoms with Crippen LogP contribution in [0.2, 0.25) is 0 Å². The number of nitrogens with zero attached hydrogens (tertiary/aromatic N) is 1. The summed E-state index contributed by atoms with van der Waals surface area (Å²) in [5.41, 5.74) is 0. The second-order valence-electron chi connectivity index (χ2n) is 4.38. The van der Waals surface area contributed by atoms with E-state index in [-0.39, 0.29) is 0 Å². The zero-order chi connectivity index (χ0) is 14.0. The second-order valence-corrected chi connectivity index (χ2v) is 6.10. The van der Waals surface area contributed by atoms with Gasteiger partial charge in [-0.3, -0.25) is 0 Å². The van der Waals surface area contributed by atoms with Crippen LogP contribution in [0.5, 0.6) is 0 Å². The molecule has 0 radical (unpaired) electrons. The first-order valence-electron chi connectivity index (χ1n) is 7.01. The quantitative estimate of drug-likeness (QED) is 0.622. The average molecular weight is 357 g/mol. The molecule has 7 heteroatoms. The first kappa shape index (κ1) is 19.9. The van der Waals surface area contributed by atoms with Crippen LogP contribution in [0.25, 0.3) is 5.32 Å². The van der Waals surface area contributed by atoms with Crippen LogP contribution >= 0.6 is 20.3 Å². The van der Waals surface area contributed by atoms with E-state index in [1.807, 2.05) is 0 Å². The molecule has 0 spiro atoms. The van der Waals surface area contributed by atoms with Crippen molar-refractivity contribution in [2.45, 2.75) is 25.7 Å². The van der Waals surface area contributed by atoms with E-state index in [9.17, 15) is 0 Å². The maximum absolute atomic E-state index is 4.73. The van der Waals surface area contributed by atoms with E-state index in [2.05, 4.69) is 21.3 Å². The Hall–Kier alpha value is 0.926. The standard InChI is InChI=1S/C12H27N4.2ClH.Co/c1-5-13-7-2-9-15-11-4-12-16-10-3-8-14-6-1;;;/h13-15H,1-12H2;2*1H;/q-1;;;+3/p-2. The zero-order valence-corrected chi connectivity index (χ0v) is 14.1. The molecule has 0 saturated carbocycles. The van der Waals surface area contributed by atoms with E-state index in [1.54, 1.807) is 0 Å². The van der Waals surface area contributed by atoms with E-state index in [0.29, 0.717) is 12.9 Å². The molecule has 0 aromatic heterocycles. The molecule has 118 valence electrons. The van der Waals surface area contributed by atoms with Gasteiger partial charge in [0.05, 0.1) is 0 Å². The summed E-state index contributed by atoms with van der Waals surface area (Å²) in [5, 5.41) is 14.9. The van der Waals surface area contributed by atoms with Gasteiger partial charge in [-0.05, 0) is 52.1 Å². The van der Waals surface area contributed by atoms with Gasteiger partial charge in [0.15, 0.2) is 0 Å². The van der Waals surface area contributed by atoms with Gasteiger partial charge in [0.2, 0.25) is 0 Å². The molecule has 1 fully saturated rings. The summed E-state index contributed by atoms with van der Waals surface area (Å²) >= 11 is 0.382. The van der Waals surface area contributed by atoms with E-state index >= 15 is 0 Å². The maximum atomic E-state index is 4.73. The molecular weight excluding hydrogens is 330 g/mol. The zero-order valence-electron chi connectivity index (χ0n) is 11.5. The topological polar surface area (TPSA) is 50.2 Å². The van der Waals surface area contributed by atoms with Gasteiger partial charge in [-0.1, -0.05) is 12.8 Å². The van der Waals surface area contributed by atoms with E-state index in [0.717, 1.165) is 52.4 Å². The third-order valence-corrected chi connectivity index (χ3v) is 2.75. The van der Waals surface area contributed by atoms with Crippen molar-refractivity contribution < 1.29 is 12.9 Å². The van der Waals surface area contributed by atoms with Gasteiger partial charge < -0.3 is 21.3 Å². The fourth-order valence-corrected chi connectivity index (χ4v) is 1.80. The van der Waals surface area contributed by atoms with Crippen LogP contribution in [0.1, 0.15) is 25.7 Å². The minimum absolute atomic E-state index is 0.382. The van der Waals surface area contributed by atoms with Crippen LogP contribution in [0.3, 0.4) is 0 Å². The summed E-state index contributed by atoms with van der Waals surface area (Å²) < 4.78 is 0. The van der Waals surface area contributed by atoms with Gasteiger partial charge in [-0.15, -0.1) is 13.1 Å². The fraction of sp³-hybridized carbons (Fsp3) is 1.00. The summed E-state index contributed by atoms with van der Waals surface area (Å²) in [4.78, 5) is 0. The van der Waals surface area contributed by atoms with E-state index in [1.165, 1.54) is 25.7 Å². The van der Waals surface area contributed by atoms with Gasteiger partial charge in [-0.25, -0.2) is 0 Å². The Morgan fingerprint density at radius 2 is 0.947 bits per heavy atom. The Kier molecular flexibility index (Phi) is 19.8. The second kappa shape index (κ2) is 18.9. The van der Waals surface area contributed by atoms with Gasteiger partial charge in [-0.2, -0.15) is 0 Å². The Morgan fingerprint density at radius 3 is 1.32 bits per heavy atom. The van der Waals surface area contributed by atoms with Crippen molar-refractivity contribution in [3.8, 4) is 0 Å². The SMILES string of the molecule is C1C[N-]CCCNCCCNCCCNC1.[Cl][Co+][Cl]. The Bertz CT molecular complexity index is 103. The number of nitrogens with one attached hydrogen (secondary N) is 3. The minimum atomic E-state index is 0.382. The first-order valence-corrected chi connectivity index (χ1v) is 9.87. The van der Waals surface area contributed by atoms with Crippen molar-refractivity contribution in [3.05, 3.63) is 5.32 Å². The predicted octanol–water partition coefficient (Wildman–Crippen LogP) is 2.08. The van der Waals surface area contributed by atoms with Crippen molar-refractivity contribution in [3.63, 3.8) is 0 Å². The number of halogens is 2. The molecule has 0 aromatic carbocycles. The van der Waals surface area contributed by atoms with Crippen molar-refractivity contribution in [2.75, 3.05) is 52.4 Å². The fourth-order valence-electron chi connectivity index (χ4n) is 1.80. The molecular formula is C12H27Cl2CoN4. The van der Waals surface area contributed by atoms with Crippen LogP contribution in [-0.4, -0.2) is 52.4 Å². The number of rotatable bonds is 0. The van der Waals surface area contributed by atoms with Crippen LogP contribution in [0, 0.1) is 0 Å². The average Bonchev–Trinajstić information content (AvgIpc) is 2.40.